The van der Waals surface area contributed by atoms with Gasteiger partial charge < -0.3 is 4.98 Å². The number of aromatic nitrogens is 2. The quantitative estimate of drug-likeness (QED) is 0.663. The molecule has 3 aromatic rings. The fourth-order valence-corrected chi connectivity index (χ4v) is 2.73. The molecule has 0 radical (unpaired) electrons. The van der Waals surface area contributed by atoms with Gasteiger partial charge in [0.15, 0.2) is 4.77 Å². The number of H-pyrrole nitrogens is 1. The Morgan fingerprint density at radius 3 is 2.81 bits per heavy atom. The molecule has 0 saturated heterocycles. The monoisotopic (exact) mass is 317 g/mol. The van der Waals surface area contributed by atoms with Gasteiger partial charge in [0.05, 0.1) is 33.4 Å². The van der Waals surface area contributed by atoms with Gasteiger partial charge in [0, 0.05) is 6.07 Å². The minimum atomic E-state index is -0.505. The molecule has 104 valence electrons. The summed E-state index contributed by atoms with van der Waals surface area (Å²) in [6.07, 6.45) is 0. The number of aryl methyl sites for hydroxylation is 1. The fourth-order valence-electron chi connectivity index (χ4n) is 2.26. The van der Waals surface area contributed by atoms with E-state index >= 15 is 0 Å². The molecule has 0 unspecified atom stereocenters. The summed E-state index contributed by atoms with van der Waals surface area (Å²) in [6, 6.07) is 10.3. The minimum absolute atomic E-state index is 0.0272. The van der Waals surface area contributed by atoms with Crippen LogP contribution in [0.4, 0.5) is 4.39 Å². The molecule has 1 N–H and O–H groups in total. The molecule has 0 saturated carbocycles. The Balaban J connectivity index is 2.41. The van der Waals surface area contributed by atoms with E-state index in [4.69, 9.17) is 29.1 Å². The first-order chi connectivity index (χ1) is 10.0. The average Bonchev–Trinajstić information content (AvgIpc) is 2.75. The SMILES string of the molecule is Cc1ccc(C#N)cc1-n1c(=S)[nH]c2cc(F)c(Cl)cc21. The highest BCUT2D eigenvalue weighted by Gasteiger charge is 2.12. The second-order valence-electron chi connectivity index (χ2n) is 4.66. The Bertz CT molecular complexity index is 965. The summed E-state index contributed by atoms with van der Waals surface area (Å²) in [6.45, 7) is 1.92. The molecular weight excluding hydrogens is 309 g/mol. The lowest BCUT2D eigenvalue weighted by Crippen LogP contribution is -1.98. The molecule has 0 aliphatic carbocycles. The van der Waals surface area contributed by atoms with Crippen molar-refractivity contribution in [1.82, 2.24) is 9.55 Å². The summed E-state index contributed by atoms with van der Waals surface area (Å²) in [5, 5.41) is 9.08. The third kappa shape index (κ3) is 2.23. The van der Waals surface area contributed by atoms with Gasteiger partial charge in [0.2, 0.25) is 0 Å². The number of nitrogens with zero attached hydrogens (tertiary/aromatic N) is 2. The number of nitrogens with one attached hydrogen (secondary N) is 1. The summed E-state index contributed by atoms with van der Waals surface area (Å²) in [5.41, 5.74) is 3.48. The van der Waals surface area contributed by atoms with Gasteiger partial charge in [-0.05, 0) is 42.9 Å². The van der Waals surface area contributed by atoms with Crippen LogP contribution in [0.2, 0.25) is 5.02 Å². The van der Waals surface area contributed by atoms with E-state index in [1.807, 2.05) is 13.0 Å². The Kier molecular flexibility index (Phi) is 3.28. The van der Waals surface area contributed by atoms with Gasteiger partial charge in [-0.2, -0.15) is 5.26 Å². The van der Waals surface area contributed by atoms with Crippen molar-refractivity contribution in [3.63, 3.8) is 0 Å². The maximum absolute atomic E-state index is 13.6. The third-order valence-corrected chi connectivity index (χ3v) is 3.88. The molecule has 0 atom stereocenters. The molecule has 3 rings (SSSR count). The summed E-state index contributed by atoms with van der Waals surface area (Å²) < 4.78 is 15.7. The Morgan fingerprint density at radius 1 is 1.33 bits per heavy atom. The second kappa shape index (κ2) is 4.99. The van der Waals surface area contributed by atoms with Crippen molar-refractivity contribution in [2.75, 3.05) is 0 Å². The van der Waals surface area contributed by atoms with Crippen LogP contribution in [0.1, 0.15) is 11.1 Å². The maximum Gasteiger partial charge on any atom is 0.182 e. The predicted octanol–water partition coefficient (Wildman–Crippen LogP) is 4.66. The highest BCUT2D eigenvalue weighted by molar-refractivity contribution is 7.71. The van der Waals surface area contributed by atoms with E-state index in [2.05, 4.69) is 11.1 Å². The maximum atomic E-state index is 13.6. The fraction of sp³-hybridized carbons (Fsp3) is 0.0667. The highest BCUT2D eigenvalue weighted by atomic mass is 35.5. The Labute approximate surface area is 130 Å². The first kappa shape index (κ1) is 13.8. The number of imidazole rings is 1. The lowest BCUT2D eigenvalue weighted by atomic mass is 10.1. The molecular formula is C15H9ClFN3S. The zero-order chi connectivity index (χ0) is 15.1. The summed E-state index contributed by atoms with van der Waals surface area (Å²) in [7, 11) is 0. The number of hydrogen-bond donors (Lipinski definition) is 1. The first-order valence-electron chi connectivity index (χ1n) is 6.12. The van der Waals surface area contributed by atoms with Gasteiger partial charge in [-0.1, -0.05) is 17.7 Å². The molecule has 3 nitrogen and oxygen atoms in total. The first-order valence-corrected chi connectivity index (χ1v) is 6.91. The van der Waals surface area contributed by atoms with Crippen molar-refractivity contribution < 1.29 is 4.39 Å². The summed E-state index contributed by atoms with van der Waals surface area (Å²) >= 11 is 11.2. The molecule has 0 spiro atoms. The average molecular weight is 318 g/mol. The number of fused-ring (bicyclic) bond motifs is 1. The predicted molar refractivity (Wildman–Crippen MR) is 82.9 cm³/mol. The molecule has 21 heavy (non-hydrogen) atoms. The van der Waals surface area contributed by atoms with Crippen molar-refractivity contribution in [2.24, 2.45) is 0 Å². The van der Waals surface area contributed by atoms with E-state index in [1.54, 1.807) is 16.7 Å². The zero-order valence-electron chi connectivity index (χ0n) is 10.9. The number of hydrogen-bond acceptors (Lipinski definition) is 2. The largest absolute Gasteiger partial charge is 0.330 e. The van der Waals surface area contributed by atoms with Crippen molar-refractivity contribution >= 4 is 34.9 Å². The van der Waals surface area contributed by atoms with Gasteiger partial charge in [-0.15, -0.1) is 0 Å². The number of nitriles is 1. The van der Waals surface area contributed by atoms with Crippen LogP contribution in [0.3, 0.4) is 0 Å². The van der Waals surface area contributed by atoms with Crippen molar-refractivity contribution in [2.45, 2.75) is 6.92 Å². The Hall–Kier alpha value is -2.16. The molecule has 6 heteroatoms. The van der Waals surface area contributed by atoms with Gasteiger partial charge in [-0.3, -0.25) is 4.57 Å². The van der Waals surface area contributed by atoms with Crippen LogP contribution in [0.25, 0.3) is 16.7 Å². The molecule has 1 heterocycles. The number of benzene rings is 2. The van der Waals surface area contributed by atoms with E-state index in [-0.39, 0.29) is 5.02 Å². The van der Waals surface area contributed by atoms with Gasteiger partial charge in [0.1, 0.15) is 5.82 Å². The van der Waals surface area contributed by atoms with Crippen LogP contribution in [0, 0.1) is 28.8 Å². The second-order valence-corrected chi connectivity index (χ2v) is 5.46. The van der Waals surface area contributed by atoms with E-state index in [1.165, 1.54) is 12.1 Å². The van der Waals surface area contributed by atoms with Crippen LogP contribution in [-0.2, 0) is 0 Å². The number of rotatable bonds is 1. The van der Waals surface area contributed by atoms with E-state index in [0.717, 1.165) is 11.3 Å². The van der Waals surface area contributed by atoms with E-state index < -0.39 is 5.82 Å². The van der Waals surface area contributed by atoms with Gasteiger partial charge >= 0.3 is 0 Å². The molecule has 0 fully saturated rings. The Morgan fingerprint density at radius 2 is 2.10 bits per heavy atom. The van der Waals surface area contributed by atoms with E-state index in [9.17, 15) is 4.39 Å². The van der Waals surface area contributed by atoms with Crippen LogP contribution in [0.5, 0.6) is 0 Å². The van der Waals surface area contributed by atoms with Crippen molar-refractivity contribution in [3.8, 4) is 11.8 Å². The third-order valence-electron chi connectivity index (χ3n) is 3.30. The smallest absolute Gasteiger partial charge is 0.182 e. The lowest BCUT2D eigenvalue weighted by molar-refractivity contribution is 0.630. The molecule has 0 bridgehead atoms. The normalized spacial score (nSPS) is 10.8. The minimum Gasteiger partial charge on any atom is -0.330 e. The number of halogens is 2. The molecule has 2 aromatic carbocycles. The number of aromatic amines is 1. The molecule has 0 amide bonds. The van der Waals surface area contributed by atoms with Crippen LogP contribution < -0.4 is 0 Å². The van der Waals surface area contributed by atoms with Crippen LogP contribution in [-0.4, -0.2) is 9.55 Å². The standard InChI is InChI=1S/C15H9ClFN3S/c1-8-2-3-9(7-18)4-13(8)20-14-5-10(16)11(17)6-12(14)19-15(20)21/h2-6H,1H3,(H,19,21). The van der Waals surface area contributed by atoms with Gasteiger partial charge in [-0.25, -0.2) is 4.39 Å². The topological polar surface area (TPSA) is 44.5 Å². The molecule has 1 aromatic heterocycles. The highest BCUT2D eigenvalue weighted by Crippen LogP contribution is 2.27. The van der Waals surface area contributed by atoms with Crippen LogP contribution >= 0.6 is 23.8 Å². The van der Waals surface area contributed by atoms with Crippen molar-refractivity contribution in [3.05, 3.63) is 57.1 Å². The van der Waals surface area contributed by atoms with E-state index in [0.29, 0.717) is 21.4 Å². The van der Waals surface area contributed by atoms with Crippen LogP contribution in [0.15, 0.2) is 30.3 Å². The lowest BCUT2D eigenvalue weighted by Gasteiger charge is -2.09. The summed E-state index contributed by atoms with van der Waals surface area (Å²) in [4.78, 5) is 2.95. The molecule has 0 aliphatic rings. The summed E-state index contributed by atoms with van der Waals surface area (Å²) in [5.74, 6) is -0.505. The van der Waals surface area contributed by atoms with Gasteiger partial charge in [0.25, 0.3) is 0 Å². The van der Waals surface area contributed by atoms with Crippen molar-refractivity contribution in [1.29, 1.82) is 5.26 Å². The zero-order valence-corrected chi connectivity index (χ0v) is 12.5. The molecule has 0 aliphatic heterocycles.